The van der Waals surface area contributed by atoms with Crippen LogP contribution in [0.5, 0.6) is 0 Å². The topological polar surface area (TPSA) is 38.9 Å². The minimum absolute atomic E-state index is 0.416. The molecule has 0 aliphatic heterocycles. The van der Waals surface area contributed by atoms with Crippen LogP contribution in [0.2, 0.25) is 10.0 Å². The lowest BCUT2D eigenvalue weighted by molar-refractivity contribution is 0.537. The zero-order chi connectivity index (χ0) is 10.1. The summed E-state index contributed by atoms with van der Waals surface area (Å²) in [5.74, 6) is 0.416. The largest absolute Gasteiger partial charge is 0.412 e. The van der Waals surface area contributed by atoms with Gasteiger partial charge in [-0.15, -0.1) is 10.2 Å². The molecule has 0 radical (unpaired) electrons. The number of halogens is 3. The highest BCUT2D eigenvalue weighted by Crippen LogP contribution is 2.26. The fourth-order valence-electron chi connectivity index (χ4n) is 0.999. The van der Waals surface area contributed by atoms with E-state index in [4.69, 9.17) is 27.6 Å². The van der Waals surface area contributed by atoms with E-state index >= 15 is 0 Å². The maximum atomic E-state index is 5.83. The van der Waals surface area contributed by atoms with Crippen LogP contribution in [0.25, 0.3) is 11.5 Å². The summed E-state index contributed by atoms with van der Waals surface area (Å²) < 4.78 is 5.71. The number of hydrogen-bond acceptors (Lipinski definition) is 3. The maximum Gasteiger partial charge on any atom is 0.278 e. The summed E-state index contributed by atoms with van der Waals surface area (Å²) in [6, 6.07) is 5.09. The summed E-state index contributed by atoms with van der Waals surface area (Å²) in [5.41, 5.74) is 0.720. The van der Waals surface area contributed by atoms with E-state index in [9.17, 15) is 0 Å². The van der Waals surface area contributed by atoms with Crippen LogP contribution in [0.1, 0.15) is 0 Å². The Morgan fingerprint density at radius 2 is 1.71 bits per heavy atom. The molecule has 14 heavy (non-hydrogen) atoms. The first-order valence-electron chi connectivity index (χ1n) is 3.60. The predicted octanol–water partition coefficient (Wildman–Crippen LogP) is 3.65. The molecule has 0 unspecified atom stereocenters. The molecule has 2 rings (SSSR count). The van der Waals surface area contributed by atoms with Gasteiger partial charge in [0.1, 0.15) is 0 Å². The molecule has 0 aliphatic carbocycles. The first kappa shape index (κ1) is 10.2. The summed E-state index contributed by atoms with van der Waals surface area (Å²) >= 11 is 13.6. The van der Waals surface area contributed by atoms with Crippen molar-refractivity contribution in [2.45, 2.75) is 0 Å². The minimum atomic E-state index is 0.416. The Bertz CT molecular complexity index is 452. The van der Waals surface area contributed by atoms with Crippen molar-refractivity contribution in [3.63, 3.8) is 0 Å². The summed E-state index contributed by atoms with van der Waals surface area (Å²) in [4.78, 5) is 0. The standard InChI is InChI=1S/C8H3Cl2IN2O/c9-5-1-4(2-6(10)3-5)7-12-13-8(11)14-7/h1-3H. The van der Waals surface area contributed by atoms with Crippen molar-refractivity contribution in [3.05, 3.63) is 32.1 Å². The molecule has 6 heteroatoms. The number of aromatic nitrogens is 2. The van der Waals surface area contributed by atoms with Gasteiger partial charge in [-0.25, -0.2) is 0 Å². The Balaban J connectivity index is 2.51. The Kier molecular flexibility index (Phi) is 2.94. The summed E-state index contributed by atoms with van der Waals surface area (Å²) in [5, 5.41) is 8.65. The first-order chi connectivity index (χ1) is 6.65. The molecule has 2 aromatic rings. The third kappa shape index (κ3) is 2.18. The van der Waals surface area contributed by atoms with E-state index in [0.717, 1.165) is 5.56 Å². The fraction of sp³-hybridized carbons (Fsp3) is 0. The molecule has 1 heterocycles. The molecule has 0 spiro atoms. The van der Waals surface area contributed by atoms with Gasteiger partial charge >= 0.3 is 0 Å². The number of benzene rings is 1. The molecule has 0 saturated carbocycles. The lowest BCUT2D eigenvalue weighted by atomic mass is 10.2. The zero-order valence-corrected chi connectivity index (χ0v) is 10.3. The molecular weight excluding hydrogens is 338 g/mol. The second kappa shape index (κ2) is 4.04. The van der Waals surface area contributed by atoms with Gasteiger partial charge in [-0.05, 0) is 18.2 Å². The lowest BCUT2D eigenvalue weighted by Crippen LogP contribution is -1.78. The zero-order valence-electron chi connectivity index (χ0n) is 6.67. The second-order valence-electron chi connectivity index (χ2n) is 2.52. The molecule has 1 aromatic carbocycles. The van der Waals surface area contributed by atoms with Crippen LogP contribution in [0.15, 0.2) is 22.6 Å². The average Bonchev–Trinajstić information content (AvgIpc) is 2.50. The highest BCUT2D eigenvalue weighted by atomic mass is 127. The molecule has 1 aromatic heterocycles. The molecule has 0 saturated heterocycles. The van der Waals surface area contributed by atoms with Crippen molar-refractivity contribution in [3.8, 4) is 11.5 Å². The predicted molar refractivity (Wildman–Crippen MR) is 62.5 cm³/mol. The van der Waals surface area contributed by atoms with Crippen LogP contribution in [-0.4, -0.2) is 10.2 Å². The van der Waals surface area contributed by atoms with Gasteiger partial charge in [0.25, 0.3) is 3.90 Å². The van der Waals surface area contributed by atoms with E-state index < -0.39 is 0 Å². The lowest BCUT2D eigenvalue weighted by Gasteiger charge is -1.96. The Morgan fingerprint density at radius 1 is 1.07 bits per heavy atom. The van der Waals surface area contributed by atoms with Crippen molar-refractivity contribution in [1.29, 1.82) is 0 Å². The molecule has 0 bridgehead atoms. The quantitative estimate of drug-likeness (QED) is 0.744. The van der Waals surface area contributed by atoms with Gasteiger partial charge in [0.2, 0.25) is 5.89 Å². The van der Waals surface area contributed by atoms with Crippen molar-refractivity contribution >= 4 is 45.8 Å². The van der Waals surface area contributed by atoms with Crippen LogP contribution in [0.3, 0.4) is 0 Å². The second-order valence-corrected chi connectivity index (χ2v) is 4.31. The van der Waals surface area contributed by atoms with Crippen LogP contribution in [0, 0.1) is 3.90 Å². The molecule has 72 valence electrons. The van der Waals surface area contributed by atoms with Crippen molar-refractivity contribution in [2.24, 2.45) is 0 Å². The molecule has 0 aliphatic rings. The smallest absolute Gasteiger partial charge is 0.278 e. The van der Waals surface area contributed by atoms with E-state index in [0.29, 0.717) is 19.8 Å². The van der Waals surface area contributed by atoms with Gasteiger partial charge < -0.3 is 4.42 Å². The van der Waals surface area contributed by atoms with Crippen molar-refractivity contribution in [1.82, 2.24) is 10.2 Å². The van der Waals surface area contributed by atoms with Crippen molar-refractivity contribution < 1.29 is 4.42 Å². The Morgan fingerprint density at radius 3 is 2.21 bits per heavy atom. The van der Waals surface area contributed by atoms with E-state index in [1.54, 1.807) is 18.2 Å². The van der Waals surface area contributed by atoms with Gasteiger partial charge in [0, 0.05) is 38.2 Å². The highest BCUT2D eigenvalue weighted by Gasteiger charge is 2.08. The fourth-order valence-corrected chi connectivity index (χ4v) is 1.84. The number of hydrogen-bond donors (Lipinski definition) is 0. The third-order valence-corrected chi connectivity index (χ3v) is 2.38. The van der Waals surface area contributed by atoms with Crippen LogP contribution in [0.4, 0.5) is 0 Å². The SMILES string of the molecule is Clc1cc(Cl)cc(-c2nnc(I)o2)c1. The molecule has 0 fully saturated rings. The Hall–Kier alpha value is -0.330. The van der Waals surface area contributed by atoms with Gasteiger partial charge in [-0.1, -0.05) is 23.2 Å². The number of rotatable bonds is 1. The molecule has 3 nitrogen and oxygen atoms in total. The van der Waals surface area contributed by atoms with E-state index in [1.165, 1.54) is 0 Å². The first-order valence-corrected chi connectivity index (χ1v) is 5.44. The van der Waals surface area contributed by atoms with E-state index in [1.807, 2.05) is 22.6 Å². The summed E-state index contributed by atoms with van der Waals surface area (Å²) in [7, 11) is 0. The monoisotopic (exact) mass is 340 g/mol. The van der Waals surface area contributed by atoms with Crippen LogP contribution < -0.4 is 0 Å². The minimum Gasteiger partial charge on any atom is -0.412 e. The Labute approximate surface area is 104 Å². The third-order valence-electron chi connectivity index (χ3n) is 1.51. The molecule has 0 amide bonds. The van der Waals surface area contributed by atoms with E-state index in [-0.39, 0.29) is 0 Å². The van der Waals surface area contributed by atoms with Crippen LogP contribution in [-0.2, 0) is 0 Å². The summed E-state index contributed by atoms with van der Waals surface area (Å²) in [6.07, 6.45) is 0. The van der Waals surface area contributed by atoms with Gasteiger partial charge in [-0.3, -0.25) is 0 Å². The van der Waals surface area contributed by atoms with Crippen LogP contribution >= 0.6 is 45.8 Å². The van der Waals surface area contributed by atoms with Gasteiger partial charge in [-0.2, -0.15) is 0 Å². The maximum absolute atomic E-state index is 5.83. The summed E-state index contributed by atoms with van der Waals surface area (Å²) in [6.45, 7) is 0. The molecular formula is C8H3Cl2IN2O. The highest BCUT2D eigenvalue weighted by molar-refractivity contribution is 14.1. The van der Waals surface area contributed by atoms with Gasteiger partial charge in [0.05, 0.1) is 0 Å². The molecule has 0 atom stereocenters. The normalized spacial score (nSPS) is 10.5. The average molecular weight is 341 g/mol. The van der Waals surface area contributed by atoms with Crippen molar-refractivity contribution in [2.75, 3.05) is 0 Å². The van der Waals surface area contributed by atoms with Gasteiger partial charge in [0.15, 0.2) is 0 Å². The van der Waals surface area contributed by atoms with E-state index in [2.05, 4.69) is 10.2 Å². The number of nitrogens with zero attached hydrogens (tertiary/aromatic N) is 2. The molecule has 0 N–H and O–H groups in total.